The van der Waals surface area contributed by atoms with Gasteiger partial charge in [-0.2, -0.15) is 0 Å². The van der Waals surface area contributed by atoms with Crippen LogP contribution >= 0.6 is 0 Å². The highest BCUT2D eigenvalue weighted by Crippen LogP contribution is 2.40. The summed E-state index contributed by atoms with van der Waals surface area (Å²) in [6.07, 6.45) is 2.64. The van der Waals surface area contributed by atoms with Gasteiger partial charge in [0.25, 0.3) is 0 Å². The van der Waals surface area contributed by atoms with Crippen LogP contribution < -0.4 is 5.32 Å². The Balaban J connectivity index is 1.71. The summed E-state index contributed by atoms with van der Waals surface area (Å²) >= 11 is 0. The molecule has 1 aliphatic carbocycles. The lowest BCUT2D eigenvalue weighted by atomic mass is 10.1. The number of hydrogen-bond acceptors (Lipinski definition) is 1. The first-order chi connectivity index (χ1) is 9.24. The Morgan fingerprint density at radius 2 is 1.95 bits per heavy atom. The standard InChI is InChI=1S/C17H18FN/c1-12-16(18)6-3-7-17(12)19-11-13-4-2-5-15(10-13)14-8-9-14/h2-7,10,14,19H,8-9,11H2,1H3. The average Bonchev–Trinajstić information content (AvgIpc) is 3.25. The molecule has 3 rings (SSSR count). The number of anilines is 1. The molecule has 2 aromatic carbocycles. The van der Waals surface area contributed by atoms with Gasteiger partial charge in [-0.05, 0) is 48.9 Å². The largest absolute Gasteiger partial charge is 0.381 e. The molecule has 0 bridgehead atoms. The van der Waals surface area contributed by atoms with Crippen molar-refractivity contribution in [3.8, 4) is 0 Å². The fraction of sp³-hybridized carbons (Fsp3) is 0.294. The van der Waals surface area contributed by atoms with Gasteiger partial charge in [-0.3, -0.25) is 0 Å². The van der Waals surface area contributed by atoms with Crippen molar-refractivity contribution in [1.82, 2.24) is 0 Å². The first-order valence-electron chi connectivity index (χ1n) is 6.82. The second-order valence-electron chi connectivity index (χ2n) is 5.29. The van der Waals surface area contributed by atoms with Gasteiger partial charge in [-0.15, -0.1) is 0 Å². The predicted octanol–water partition coefficient (Wildman–Crippen LogP) is 4.62. The molecular formula is C17H18FN. The molecule has 0 unspecified atom stereocenters. The topological polar surface area (TPSA) is 12.0 Å². The zero-order chi connectivity index (χ0) is 13.2. The molecule has 1 N–H and O–H groups in total. The summed E-state index contributed by atoms with van der Waals surface area (Å²) < 4.78 is 13.4. The van der Waals surface area contributed by atoms with Crippen molar-refractivity contribution in [3.05, 3.63) is 65.0 Å². The van der Waals surface area contributed by atoms with Crippen LogP contribution in [0.15, 0.2) is 42.5 Å². The number of halogens is 1. The molecule has 2 aromatic rings. The van der Waals surface area contributed by atoms with Crippen molar-refractivity contribution >= 4 is 5.69 Å². The molecule has 1 fully saturated rings. The first kappa shape index (κ1) is 12.2. The summed E-state index contributed by atoms with van der Waals surface area (Å²) in [5, 5.41) is 3.32. The van der Waals surface area contributed by atoms with Crippen LogP contribution in [0.3, 0.4) is 0 Å². The summed E-state index contributed by atoms with van der Waals surface area (Å²) in [5.41, 5.74) is 4.25. The second kappa shape index (κ2) is 5.04. The van der Waals surface area contributed by atoms with Crippen LogP contribution in [-0.2, 0) is 6.54 Å². The fourth-order valence-electron chi connectivity index (χ4n) is 2.37. The zero-order valence-electron chi connectivity index (χ0n) is 11.1. The minimum atomic E-state index is -0.156. The number of benzene rings is 2. The molecule has 1 saturated carbocycles. The molecule has 0 spiro atoms. The van der Waals surface area contributed by atoms with Gasteiger partial charge in [-0.1, -0.05) is 30.3 Å². The Labute approximate surface area is 113 Å². The third-order valence-corrected chi connectivity index (χ3v) is 3.75. The van der Waals surface area contributed by atoms with Crippen molar-refractivity contribution in [1.29, 1.82) is 0 Å². The van der Waals surface area contributed by atoms with Gasteiger partial charge < -0.3 is 5.32 Å². The van der Waals surface area contributed by atoms with E-state index in [-0.39, 0.29) is 5.82 Å². The van der Waals surface area contributed by atoms with Crippen LogP contribution in [-0.4, -0.2) is 0 Å². The smallest absolute Gasteiger partial charge is 0.128 e. The normalized spacial score (nSPS) is 14.4. The van der Waals surface area contributed by atoms with Gasteiger partial charge in [-0.25, -0.2) is 4.39 Å². The van der Waals surface area contributed by atoms with E-state index in [1.807, 2.05) is 6.07 Å². The van der Waals surface area contributed by atoms with E-state index in [4.69, 9.17) is 0 Å². The van der Waals surface area contributed by atoms with Gasteiger partial charge >= 0.3 is 0 Å². The molecule has 0 heterocycles. The Bertz CT molecular complexity index is 588. The summed E-state index contributed by atoms with van der Waals surface area (Å²) in [6.45, 7) is 2.54. The molecule has 0 radical (unpaired) electrons. The van der Waals surface area contributed by atoms with Crippen LogP contribution in [0.5, 0.6) is 0 Å². The van der Waals surface area contributed by atoms with Crippen LogP contribution in [0.2, 0.25) is 0 Å². The summed E-state index contributed by atoms with van der Waals surface area (Å²) in [6, 6.07) is 13.9. The van der Waals surface area contributed by atoms with E-state index >= 15 is 0 Å². The Hall–Kier alpha value is -1.83. The number of rotatable bonds is 4. The van der Waals surface area contributed by atoms with E-state index in [2.05, 4.69) is 29.6 Å². The van der Waals surface area contributed by atoms with Gasteiger partial charge in [0, 0.05) is 17.8 Å². The van der Waals surface area contributed by atoms with Crippen molar-refractivity contribution in [2.24, 2.45) is 0 Å². The highest BCUT2D eigenvalue weighted by Gasteiger charge is 2.23. The van der Waals surface area contributed by atoms with E-state index in [1.54, 1.807) is 13.0 Å². The van der Waals surface area contributed by atoms with Crippen molar-refractivity contribution in [2.75, 3.05) is 5.32 Å². The predicted molar refractivity (Wildman–Crippen MR) is 76.9 cm³/mol. The molecule has 2 heteroatoms. The molecule has 98 valence electrons. The lowest BCUT2D eigenvalue weighted by Crippen LogP contribution is -2.02. The second-order valence-corrected chi connectivity index (χ2v) is 5.29. The van der Waals surface area contributed by atoms with E-state index in [0.29, 0.717) is 5.56 Å². The molecular weight excluding hydrogens is 237 g/mol. The lowest BCUT2D eigenvalue weighted by molar-refractivity contribution is 0.619. The van der Waals surface area contributed by atoms with Gasteiger partial charge in [0.1, 0.15) is 5.82 Å². The van der Waals surface area contributed by atoms with Crippen molar-refractivity contribution in [2.45, 2.75) is 32.2 Å². The first-order valence-corrected chi connectivity index (χ1v) is 6.82. The van der Waals surface area contributed by atoms with Crippen molar-refractivity contribution in [3.63, 3.8) is 0 Å². The third kappa shape index (κ3) is 2.78. The van der Waals surface area contributed by atoms with Gasteiger partial charge in [0.2, 0.25) is 0 Å². The van der Waals surface area contributed by atoms with Gasteiger partial charge in [0.05, 0.1) is 0 Å². The average molecular weight is 255 g/mol. The monoisotopic (exact) mass is 255 g/mol. The number of hydrogen-bond donors (Lipinski definition) is 1. The minimum absolute atomic E-state index is 0.156. The summed E-state index contributed by atoms with van der Waals surface area (Å²) in [4.78, 5) is 0. The maximum Gasteiger partial charge on any atom is 0.128 e. The number of nitrogens with one attached hydrogen (secondary N) is 1. The quantitative estimate of drug-likeness (QED) is 0.840. The fourth-order valence-corrected chi connectivity index (χ4v) is 2.37. The highest BCUT2D eigenvalue weighted by molar-refractivity contribution is 5.51. The molecule has 0 aromatic heterocycles. The summed E-state index contributed by atoms with van der Waals surface area (Å²) in [7, 11) is 0. The van der Waals surface area contributed by atoms with E-state index in [0.717, 1.165) is 18.2 Å². The molecule has 1 nitrogen and oxygen atoms in total. The SMILES string of the molecule is Cc1c(F)cccc1NCc1cccc(C2CC2)c1. The van der Waals surface area contributed by atoms with E-state index in [9.17, 15) is 4.39 Å². The Kier molecular flexibility index (Phi) is 3.24. The molecule has 0 aliphatic heterocycles. The zero-order valence-corrected chi connectivity index (χ0v) is 11.1. The maximum atomic E-state index is 13.4. The van der Waals surface area contributed by atoms with Crippen molar-refractivity contribution < 1.29 is 4.39 Å². The van der Waals surface area contributed by atoms with E-state index in [1.165, 1.54) is 30.0 Å². The van der Waals surface area contributed by atoms with Crippen LogP contribution in [0.4, 0.5) is 10.1 Å². The molecule has 0 saturated heterocycles. The highest BCUT2D eigenvalue weighted by atomic mass is 19.1. The molecule has 1 aliphatic rings. The Morgan fingerprint density at radius 3 is 2.74 bits per heavy atom. The minimum Gasteiger partial charge on any atom is -0.381 e. The molecule has 0 amide bonds. The molecule has 19 heavy (non-hydrogen) atoms. The summed E-state index contributed by atoms with van der Waals surface area (Å²) in [5.74, 6) is 0.618. The Morgan fingerprint density at radius 1 is 1.16 bits per heavy atom. The lowest BCUT2D eigenvalue weighted by Gasteiger charge is -2.11. The third-order valence-electron chi connectivity index (χ3n) is 3.75. The van der Waals surface area contributed by atoms with Crippen LogP contribution in [0, 0.1) is 12.7 Å². The van der Waals surface area contributed by atoms with Gasteiger partial charge in [0.15, 0.2) is 0 Å². The van der Waals surface area contributed by atoms with E-state index < -0.39 is 0 Å². The van der Waals surface area contributed by atoms with Crippen LogP contribution in [0.1, 0.15) is 35.4 Å². The maximum absolute atomic E-state index is 13.4. The molecule has 0 atom stereocenters. The van der Waals surface area contributed by atoms with Crippen LogP contribution in [0.25, 0.3) is 0 Å².